The van der Waals surface area contributed by atoms with Gasteiger partial charge in [-0.15, -0.1) is 35.9 Å². The van der Waals surface area contributed by atoms with Gasteiger partial charge in [0.2, 0.25) is 0 Å². The van der Waals surface area contributed by atoms with Crippen LogP contribution in [-0.4, -0.2) is 69.3 Å². The molecule has 6 aromatic rings. The molecule has 1 radical (unpaired) electrons. The van der Waals surface area contributed by atoms with Gasteiger partial charge in [0.15, 0.2) is 11.6 Å². The molecule has 5 aromatic heterocycles. The first-order chi connectivity index (χ1) is 21.4. The van der Waals surface area contributed by atoms with E-state index in [1.165, 1.54) is 0 Å². The average molecular weight is 777 g/mol. The molecular formula is C34H36N9OOs. The van der Waals surface area contributed by atoms with E-state index >= 15 is 0 Å². The van der Waals surface area contributed by atoms with E-state index in [0.717, 1.165) is 40.0 Å². The molecule has 0 saturated heterocycles. The Hall–Kier alpha value is -5.13. The molecule has 0 spiro atoms. The van der Waals surface area contributed by atoms with Gasteiger partial charge in [-0.3, -0.25) is 0 Å². The molecule has 0 atom stereocenters. The van der Waals surface area contributed by atoms with Crippen LogP contribution in [-0.2, 0) is 19.8 Å². The summed E-state index contributed by atoms with van der Waals surface area (Å²) in [5, 5.41) is 8.25. The van der Waals surface area contributed by atoms with Crippen LogP contribution < -0.4 is 14.5 Å². The van der Waals surface area contributed by atoms with Crippen molar-refractivity contribution in [2.75, 3.05) is 44.6 Å². The van der Waals surface area contributed by atoms with Crippen LogP contribution in [0.15, 0.2) is 129 Å². The van der Waals surface area contributed by atoms with E-state index in [2.05, 4.69) is 37.8 Å². The molecule has 0 aliphatic carbocycles. The number of benzene rings is 1. The van der Waals surface area contributed by atoms with Gasteiger partial charge in [0, 0.05) is 95.1 Å². The second-order valence-corrected chi connectivity index (χ2v) is 9.69. The number of ether oxygens (including phenoxy) is 1. The summed E-state index contributed by atoms with van der Waals surface area (Å²) < 4.78 is 8.93. The third kappa shape index (κ3) is 10.5. The number of hydrogen-bond acceptors (Lipinski definition) is 8. The number of anilines is 2. The Kier molecular flexibility index (Phi) is 13.6. The van der Waals surface area contributed by atoms with Crippen molar-refractivity contribution in [1.29, 1.82) is 0 Å². The fourth-order valence-electron chi connectivity index (χ4n) is 3.79. The Morgan fingerprint density at radius 3 is 1.78 bits per heavy atom. The van der Waals surface area contributed by atoms with Crippen LogP contribution in [0.1, 0.15) is 0 Å². The van der Waals surface area contributed by atoms with E-state index in [0.29, 0.717) is 6.61 Å². The van der Waals surface area contributed by atoms with E-state index < -0.39 is 0 Å². The zero-order valence-electron chi connectivity index (χ0n) is 25.7. The van der Waals surface area contributed by atoms with Gasteiger partial charge in [0.05, 0.1) is 0 Å². The van der Waals surface area contributed by atoms with E-state index in [1.54, 1.807) is 46.4 Å². The topological polar surface area (TPSA) is 90.0 Å². The van der Waals surface area contributed by atoms with Gasteiger partial charge < -0.3 is 19.5 Å². The summed E-state index contributed by atoms with van der Waals surface area (Å²) in [6.07, 6.45) is 14.2. The van der Waals surface area contributed by atoms with Crippen LogP contribution >= 0.6 is 0 Å². The van der Waals surface area contributed by atoms with Gasteiger partial charge in [-0.2, -0.15) is 10.2 Å². The normalized spacial score (nSPS) is 9.78. The maximum Gasteiger partial charge on any atom is 1.00 e. The van der Waals surface area contributed by atoms with Gasteiger partial charge in [0.1, 0.15) is 12.4 Å². The standard InChI is InChI=1S/C14H12NO.2C10H12N4.Os/c1-2-10-16-13-8-9-15-14(11-13)12-6-4-3-5-7-12;2*1-13(2)9-4-6-11-10(8-9)14-7-3-5-12-14;/h2-6,8-9,11H,1,10H2;2*3-8H,1-2H3;/q-1;;;+1. The molecule has 0 unspecified atom stereocenters. The maximum atomic E-state index is 5.45. The summed E-state index contributed by atoms with van der Waals surface area (Å²) in [6, 6.07) is 26.3. The van der Waals surface area contributed by atoms with Gasteiger partial charge in [0.25, 0.3) is 0 Å². The molecule has 0 bridgehead atoms. The molecule has 0 aliphatic rings. The zero-order chi connectivity index (χ0) is 31.1. The summed E-state index contributed by atoms with van der Waals surface area (Å²) >= 11 is 0. The molecule has 45 heavy (non-hydrogen) atoms. The van der Waals surface area contributed by atoms with Crippen LogP contribution in [0.3, 0.4) is 0 Å². The van der Waals surface area contributed by atoms with Crippen molar-refractivity contribution in [3.63, 3.8) is 0 Å². The fourth-order valence-corrected chi connectivity index (χ4v) is 3.79. The predicted octanol–water partition coefficient (Wildman–Crippen LogP) is 5.78. The maximum absolute atomic E-state index is 5.45. The van der Waals surface area contributed by atoms with E-state index in [1.807, 2.05) is 123 Å². The molecule has 0 aliphatic heterocycles. The molecule has 0 fully saturated rings. The summed E-state index contributed by atoms with van der Waals surface area (Å²) in [6.45, 7) is 4.11. The summed E-state index contributed by atoms with van der Waals surface area (Å²) in [7, 11) is 8.01. The quantitative estimate of drug-likeness (QED) is 0.142. The van der Waals surface area contributed by atoms with Crippen molar-refractivity contribution in [3.05, 3.63) is 135 Å². The zero-order valence-corrected chi connectivity index (χ0v) is 28.3. The Morgan fingerprint density at radius 1 is 0.733 bits per heavy atom. The molecule has 0 saturated carbocycles. The Bertz CT molecular complexity index is 1610. The fraction of sp³-hybridized carbons (Fsp3) is 0.147. The van der Waals surface area contributed by atoms with Crippen LogP contribution in [0.4, 0.5) is 11.4 Å². The smallest absolute Gasteiger partial charge is 0.490 e. The van der Waals surface area contributed by atoms with Crippen LogP contribution in [0.2, 0.25) is 0 Å². The van der Waals surface area contributed by atoms with E-state index in [9.17, 15) is 0 Å². The van der Waals surface area contributed by atoms with Crippen molar-refractivity contribution in [2.45, 2.75) is 0 Å². The molecule has 0 amide bonds. The second-order valence-electron chi connectivity index (χ2n) is 9.69. The second kappa shape index (κ2) is 17.9. The first-order valence-corrected chi connectivity index (χ1v) is 13.9. The molecule has 11 heteroatoms. The van der Waals surface area contributed by atoms with Crippen molar-refractivity contribution < 1.29 is 24.5 Å². The summed E-state index contributed by atoms with van der Waals surface area (Å²) in [4.78, 5) is 16.8. The van der Waals surface area contributed by atoms with Gasteiger partial charge >= 0.3 is 19.8 Å². The Labute approximate surface area is 277 Å². The van der Waals surface area contributed by atoms with E-state index in [4.69, 9.17) is 4.74 Å². The van der Waals surface area contributed by atoms with Crippen molar-refractivity contribution in [3.8, 4) is 28.6 Å². The molecule has 5 heterocycles. The Morgan fingerprint density at radius 2 is 1.31 bits per heavy atom. The van der Waals surface area contributed by atoms with Crippen molar-refractivity contribution in [2.24, 2.45) is 0 Å². The molecule has 6 rings (SSSR count). The minimum Gasteiger partial charge on any atom is -0.490 e. The minimum absolute atomic E-state index is 0. The number of aromatic nitrogens is 7. The van der Waals surface area contributed by atoms with Crippen LogP contribution in [0.5, 0.6) is 5.75 Å². The first kappa shape index (κ1) is 34.4. The molecular weight excluding hydrogens is 741 g/mol. The van der Waals surface area contributed by atoms with Gasteiger partial charge in [-0.1, -0.05) is 12.7 Å². The monoisotopic (exact) mass is 778 g/mol. The number of nitrogens with zero attached hydrogens (tertiary/aromatic N) is 9. The number of hydrogen-bond donors (Lipinski definition) is 0. The van der Waals surface area contributed by atoms with Crippen molar-refractivity contribution >= 4 is 11.4 Å². The van der Waals surface area contributed by atoms with Crippen molar-refractivity contribution in [1.82, 2.24) is 34.5 Å². The van der Waals surface area contributed by atoms with Gasteiger partial charge in [-0.25, -0.2) is 19.3 Å². The van der Waals surface area contributed by atoms with Crippen LogP contribution in [0, 0.1) is 6.07 Å². The molecule has 1 aromatic carbocycles. The van der Waals surface area contributed by atoms with Gasteiger partial charge in [-0.05, 0) is 42.1 Å². The third-order valence-corrected chi connectivity index (χ3v) is 6.05. The molecule has 10 nitrogen and oxygen atoms in total. The first-order valence-electron chi connectivity index (χ1n) is 13.9. The third-order valence-electron chi connectivity index (χ3n) is 6.05. The summed E-state index contributed by atoms with van der Waals surface area (Å²) in [5.74, 6) is 2.46. The average Bonchev–Trinajstić information content (AvgIpc) is 3.81. The molecule has 0 N–H and O–H groups in total. The van der Waals surface area contributed by atoms with Crippen LogP contribution in [0.25, 0.3) is 22.9 Å². The summed E-state index contributed by atoms with van der Waals surface area (Å²) in [5.41, 5.74) is 4.06. The SMILES string of the molecule is C=CCOc1ccnc(-c2[c-]cccc2)c1.CN(C)c1ccnc(-n2cccn2)c1.CN(C)c1ccnc(-n2cccn2)c1.[Os+]. The largest absolute Gasteiger partial charge is 1.00 e. The minimum atomic E-state index is 0. The Balaban J connectivity index is 0.000000183. The molecule has 231 valence electrons. The number of pyridine rings is 3. The number of rotatable bonds is 8. The predicted molar refractivity (Wildman–Crippen MR) is 176 cm³/mol. The van der Waals surface area contributed by atoms with E-state index in [-0.39, 0.29) is 19.8 Å².